The minimum atomic E-state index is -0.653. The minimum Gasteiger partial charge on any atom is -0.496 e. The number of aliphatic hydroxyl groups is 1. The molecule has 2 N–H and O–H groups in total. The number of fused-ring (bicyclic) bond motifs is 1. The number of hydrogen-bond donors (Lipinski definition) is 2. The number of nitrogens with one attached hydrogen (secondary N) is 1. The monoisotopic (exact) mass is 324 g/mol. The van der Waals surface area contributed by atoms with Crippen LogP contribution in [-0.2, 0) is 6.54 Å². The van der Waals surface area contributed by atoms with Crippen LogP contribution in [0.15, 0.2) is 12.1 Å². The molecule has 5 nitrogen and oxygen atoms in total. The van der Waals surface area contributed by atoms with Crippen molar-refractivity contribution in [3.8, 4) is 11.5 Å². The van der Waals surface area contributed by atoms with Crippen molar-refractivity contribution in [3.63, 3.8) is 0 Å². The van der Waals surface area contributed by atoms with Gasteiger partial charge in [0.2, 0.25) is 0 Å². The summed E-state index contributed by atoms with van der Waals surface area (Å²) in [6.07, 6.45) is 1.54. The minimum absolute atomic E-state index is 0.453. The summed E-state index contributed by atoms with van der Waals surface area (Å²) in [5, 5.41) is 14.4. The molecular formula is C16H24N2O3S. The smallest absolute Gasteiger partial charge is 0.169 e. The lowest BCUT2D eigenvalue weighted by Crippen LogP contribution is -2.44. The molecule has 22 heavy (non-hydrogen) atoms. The van der Waals surface area contributed by atoms with Gasteiger partial charge < -0.3 is 24.8 Å². The van der Waals surface area contributed by atoms with Gasteiger partial charge in [0.15, 0.2) is 5.11 Å². The number of nitrogens with zero attached hydrogens (tertiary/aromatic N) is 1. The maximum atomic E-state index is 10.5. The topological polar surface area (TPSA) is 54.0 Å². The molecule has 0 unspecified atom stereocenters. The molecule has 0 saturated carbocycles. The lowest BCUT2D eigenvalue weighted by atomic mass is 9.95. The molecule has 0 fully saturated rings. The van der Waals surface area contributed by atoms with Gasteiger partial charge >= 0.3 is 0 Å². The fourth-order valence-corrected chi connectivity index (χ4v) is 2.96. The molecule has 0 aliphatic carbocycles. The summed E-state index contributed by atoms with van der Waals surface area (Å²) in [7, 11) is 3.24. The van der Waals surface area contributed by atoms with Crippen molar-refractivity contribution in [2.75, 3.05) is 27.3 Å². The average Bonchev–Trinajstić information content (AvgIpc) is 2.53. The number of thiocarbonyl (C=S) groups is 1. The zero-order valence-electron chi connectivity index (χ0n) is 13.4. The van der Waals surface area contributed by atoms with Crippen molar-refractivity contribution in [2.45, 2.75) is 32.4 Å². The first-order chi connectivity index (χ1) is 10.6. The first-order valence-electron chi connectivity index (χ1n) is 7.56. The zero-order valence-corrected chi connectivity index (χ0v) is 14.2. The first-order valence-corrected chi connectivity index (χ1v) is 7.97. The Labute approximate surface area is 137 Å². The summed E-state index contributed by atoms with van der Waals surface area (Å²) in [6, 6.07) is 3.69. The summed E-state index contributed by atoms with van der Waals surface area (Å²) in [4.78, 5) is 1.97. The number of hydrogen-bond acceptors (Lipinski definition) is 4. The largest absolute Gasteiger partial charge is 0.496 e. The van der Waals surface area contributed by atoms with Crippen LogP contribution in [0, 0.1) is 0 Å². The van der Waals surface area contributed by atoms with E-state index in [1.54, 1.807) is 14.2 Å². The first kappa shape index (κ1) is 16.8. The fraction of sp³-hybridized carbons (Fsp3) is 0.562. The molecule has 1 heterocycles. The second-order valence-electron chi connectivity index (χ2n) is 5.34. The van der Waals surface area contributed by atoms with Crippen LogP contribution >= 0.6 is 12.2 Å². The van der Waals surface area contributed by atoms with Gasteiger partial charge in [-0.2, -0.15) is 0 Å². The van der Waals surface area contributed by atoms with E-state index in [-0.39, 0.29) is 0 Å². The van der Waals surface area contributed by atoms with E-state index in [1.165, 1.54) is 0 Å². The van der Waals surface area contributed by atoms with E-state index >= 15 is 0 Å². The molecular weight excluding hydrogens is 300 g/mol. The molecule has 0 bridgehead atoms. The molecule has 0 saturated heterocycles. The zero-order chi connectivity index (χ0) is 16.1. The van der Waals surface area contributed by atoms with Gasteiger partial charge in [-0.15, -0.1) is 0 Å². The van der Waals surface area contributed by atoms with Crippen LogP contribution < -0.4 is 14.8 Å². The highest BCUT2D eigenvalue weighted by Crippen LogP contribution is 2.39. The fourth-order valence-electron chi connectivity index (χ4n) is 2.71. The van der Waals surface area contributed by atoms with Crippen molar-refractivity contribution < 1.29 is 14.6 Å². The van der Waals surface area contributed by atoms with Crippen molar-refractivity contribution in [1.29, 1.82) is 0 Å². The predicted octanol–water partition coefficient (Wildman–Crippen LogP) is 2.23. The van der Waals surface area contributed by atoms with Gasteiger partial charge in [-0.3, -0.25) is 0 Å². The summed E-state index contributed by atoms with van der Waals surface area (Å²) in [5.74, 6) is 1.43. The normalized spacial score (nSPS) is 16.9. The van der Waals surface area contributed by atoms with Gasteiger partial charge in [-0.05, 0) is 30.8 Å². The molecule has 6 heteroatoms. The Morgan fingerprint density at radius 3 is 2.68 bits per heavy atom. The number of benzene rings is 1. The van der Waals surface area contributed by atoms with Gasteiger partial charge in [0.1, 0.15) is 17.6 Å². The summed E-state index contributed by atoms with van der Waals surface area (Å²) in [6.45, 7) is 4.05. The third-order valence-corrected chi connectivity index (χ3v) is 4.29. The van der Waals surface area contributed by atoms with E-state index < -0.39 is 6.10 Å². The maximum absolute atomic E-state index is 10.5. The quantitative estimate of drug-likeness (QED) is 0.640. The van der Waals surface area contributed by atoms with Crippen LogP contribution in [-0.4, -0.2) is 42.4 Å². The molecule has 1 aromatic carbocycles. The van der Waals surface area contributed by atoms with E-state index in [4.69, 9.17) is 21.7 Å². The van der Waals surface area contributed by atoms with Gasteiger partial charge in [-0.25, -0.2) is 0 Å². The van der Waals surface area contributed by atoms with Crippen molar-refractivity contribution in [1.82, 2.24) is 10.2 Å². The van der Waals surface area contributed by atoms with Gasteiger partial charge in [-0.1, -0.05) is 13.3 Å². The average molecular weight is 324 g/mol. The molecule has 0 spiro atoms. The van der Waals surface area contributed by atoms with E-state index in [0.29, 0.717) is 24.0 Å². The molecule has 1 atom stereocenters. The van der Waals surface area contributed by atoms with Crippen LogP contribution in [0.2, 0.25) is 0 Å². The SMILES string of the molecule is CCCCNC(=S)N1Cc2c(OC)ccc(OC)c2[C@H](O)C1. The second-order valence-corrected chi connectivity index (χ2v) is 5.73. The number of unbranched alkanes of at least 4 members (excludes halogenated alkanes) is 1. The summed E-state index contributed by atoms with van der Waals surface area (Å²) < 4.78 is 10.8. The van der Waals surface area contributed by atoms with E-state index in [0.717, 1.165) is 36.3 Å². The highest BCUT2D eigenvalue weighted by molar-refractivity contribution is 7.80. The van der Waals surface area contributed by atoms with Crippen LogP contribution in [0.4, 0.5) is 0 Å². The van der Waals surface area contributed by atoms with E-state index in [2.05, 4.69) is 12.2 Å². The molecule has 1 aromatic rings. The highest BCUT2D eigenvalue weighted by atomic mass is 32.1. The van der Waals surface area contributed by atoms with Gasteiger partial charge in [0, 0.05) is 24.2 Å². The molecule has 0 radical (unpaired) electrons. The van der Waals surface area contributed by atoms with Crippen LogP contribution in [0.25, 0.3) is 0 Å². The van der Waals surface area contributed by atoms with Crippen molar-refractivity contribution in [3.05, 3.63) is 23.3 Å². The van der Waals surface area contributed by atoms with E-state index in [9.17, 15) is 5.11 Å². The van der Waals surface area contributed by atoms with Crippen molar-refractivity contribution in [2.24, 2.45) is 0 Å². The Morgan fingerprint density at radius 2 is 2.05 bits per heavy atom. The number of aliphatic hydroxyl groups excluding tert-OH is 1. The molecule has 1 aliphatic heterocycles. The summed E-state index contributed by atoms with van der Waals surface area (Å²) in [5.41, 5.74) is 1.73. The third kappa shape index (κ3) is 3.44. The predicted molar refractivity (Wildman–Crippen MR) is 90.4 cm³/mol. The van der Waals surface area contributed by atoms with Crippen molar-refractivity contribution >= 4 is 17.3 Å². The molecule has 0 aromatic heterocycles. The Bertz CT molecular complexity index is 536. The highest BCUT2D eigenvalue weighted by Gasteiger charge is 2.30. The Hall–Kier alpha value is -1.53. The molecule has 2 rings (SSSR count). The maximum Gasteiger partial charge on any atom is 0.169 e. The Kier molecular flexibility index (Phi) is 5.85. The molecule has 122 valence electrons. The van der Waals surface area contributed by atoms with Gasteiger partial charge in [0.05, 0.1) is 20.8 Å². The summed E-state index contributed by atoms with van der Waals surface area (Å²) >= 11 is 5.44. The standard InChI is InChI=1S/C16H24N2O3S/c1-4-5-8-17-16(22)18-9-11-13(20-2)6-7-14(21-3)15(11)12(19)10-18/h6-7,12,19H,4-5,8-10H2,1-3H3,(H,17,22)/t12-/m1/s1. The van der Waals surface area contributed by atoms with Crippen LogP contribution in [0.5, 0.6) is 11.5 Å². The lowest BCUT2D eigenvalue weighted by molar-refractivity contribution is 0.122. The van der Waals surface area contributed by atoms with Crippen LogP contribution in [0.3, 0.4) is 0 Å². The Morgan fingerprint density at radius 1 is 1.36 bits per heavy atom. The second kappa shape index (κ2) is 7.65. The van der Waals surface area contributed by atoms with E-state index in [1.807, 2.05) is 17.0 Å². The third-order valence-electron chi connectivity index (χ3n) is 3.88. The number of ether oxygens (including phenoxy) is 2. The number of rotatable bonds is 5. The number of methoxy groups -OCH3 is 2. The van der Waals surface area contributed by atoms with Crippen LogP contribution in [0.1, 0.15) is 37.0 Å². The van der Waals surface area contributed by atoms with Gasteiger partial charge in [0.25, 0.3) is 0 Å². The Balaban J connectivity index is 2.23. The molecule has 0 amide bonds. The molecule has 1 aliphatic rings. The lowest BCUT2D eigenvalue weighted by Gasteiger charge is -2.35. The number of β-amino-alcohol motifs (C(OH)–C–C–N with tert-alkyl or cyclic N) is 1.